The van der Waals surface area contributed by atoms with Gasteiger partial charge in [-0.3, -0.25) is 9.59 Å². The summed E-state index contributed by atoms with van der Waals surface area (Å²) < 4.78 is 5.53. The number of nitrogens with one attached hydrogen (secondary N) is 1. The second kappa shape index (κ2) is 8.43. The van der Waals surface area contributed by atoms with Crippen molar-refractivity contribution in [1.29, 1.82) is 0 Å². The first-order valence-corrected chi connectivity index (χ1v) is 9.00. The molecule has 1 aliphatic heterocycles. The van der Waals surface area contributed by atoms with Crippen LogP contribution in [0.4, 0.5) is 5.69 Å². The van der Waals surface area contributed by atoms with Crippen LogP contribution in [0.5, 0.6) is 5.75 Å². The summed E-state index contributed by atoms with van der Waals surface area (Å²) in [5, 5.41) is 4.07. The summed E-state index contributed by atoms with van der Waals surface area (Å²) in [6.07, 6.45) is 0.201. The predicted octanol–water partition coefficient (Wildman–Crippen LogP) is 3.54. The van der Waals surface area contributed by atoms with E-state index in [4.69, 9.17) is 27.9 Å². The van der Waals surface area contributed by atoms with Crippen LogP contribution in [0.25, 0.3) is 0 Å². The van der Waals surface area contributed by atoms with Gasteiger partial charge in [-0.2, -0.15) is 0 Å². The van der Waals surface area contributed by atoms with E-state index in [1.165, 1.54) is 0 Å². The molecular formula is C19H18Cl2N2O3. The van der Waals surface area contributed by atoms with Crippen LogP contribution in [0.15, 0.2) is 48.5 Å². The lowest BCUT2D eigenvalue weighted by Gasteiger charge is -2.16. The average Bonchev–Trinajstić information content (AvgIpc) is 3.02. The molecule has 0 radical (unpaired) electrons. The molecule has 0 spiro atoms. The molecule has 0 saturated carbocycles. The van der Waals surface area contributed by atoms with Crippen LogP contribution in [0.1, 0.15) is 6.42 Å². The van der Waals surface area contributed by atoms with Gasteiger partial charge in [-0.05, 0) is 48.5 Å². The molecule has 2 aromatic carbocycles. The van der Waals surface area contributed by atoms with Crippen LogP contribution in [0.2, 0.25) is 10.0 Å². The molecule has 0 aromatic heterocycles. The Morgan fingerprint density at radius 2 is 1.69 bits per heavy atom. The van der Waals surface area contributed by atoms with E-state index in [9.17, 15) is 9.59 Å². The fourth-order valence-electron chi connectivity index (χ4n) is 2.77. The fourth-order valence-corrected chi connectivity index (χ4v) is 3.02. The molecule has 26 heavy (non-hydrogen) atoms. The van der Waals surface area contributed by atoms with Crippen molar-refractivity contribution >= 4 is 40.7 Å². The number of halogens is 2. The molecule has 2 amide bonds. The molecule has 0 bridgehead atoms. The lowest BCUT2D eigenvalue weighted by atomic mass is 10.1. The Kier molecular flexibility index (Phi) is 6.01. The Labute approximate surface area is 161 Å². The van der Waals surface area contributed by atoms with Gasteiger partial charge in [0.05, 0.1) is 12.5 Å². The largest absolute Gasteiger partial charge is 0.492 e. The van der Waals surface area contributed by atoms with Gasteiger partial charge in [0.15, 0.2) is 0 Å². The summed E-state index contributed by atoms with van der Waals surface area (Å²) >= 11 is 11.7. The van der Waals surface area contributed by atoms with Crippen LogP contribution in [0, 0.1) is 5.92 Å². The number of rotatable bonds is 6. The first-order chi connectivity index (χ1) is 12.5. The summed E-state index contributed by atoms with van der Waals surface area (Å²) in [7, 11) is 0. The van der Waals surface area contributed by atoms with E-state index in [-0.39, 0.29) is 24.2 Å². The maximum absolute atomic E-state index is 12.3. The van der Waals surface area contributed by atoms with Crippen molar-refractivity contribution in [2.45, 2.75) is 6.42 Å². The molecule has 1 unspecified atom stereocenters. The van der Waals surface area contributed by atoms with Gasteiger partial charge >= 0.3 is 0 Å². The Hall–Kier alpha value is -2.24. The number of amides is 2. The Balaban J connectivity index is 1.45. The highest BCUT2D eigenvalue weighted by molar-refractivity contribution is 6.30. The number of benzene rings is 2. The molecule has 0 aliphatic carbocycles. The van der Waals surface area contributed by atoms with Gasteiger partial charge in [0.25, 0.3) is 0 Å². The van der Waals surface area contributed by atoms with Gasteiger partial charge in [0, 0.05) is 28.7 Å². The fraction of sp³-hybridized carbons (Fsp3) is 0.263. The number of ether oxygens (including phenoxy) is 1. The summed E-state index contributed by atoms with van der Waals surface area (Å²) in [5.41, 5.74) is 0.751. The molecule has 5 nitrogen and oxygen atoms in total. The highest BCUT2D eigenvalue weighted by Crippen LogP contribution is 2.26. The van der Waals surface area contributed by atoms with Crippen molar-refractivity contribution < 1.29 is 14.3 Å². The third-order valence-corrected chi connectivity index (χ3v) is 4.62. The minimum Gasteiger partial charge on any atom is -0.492 e. The summed E-state index contributed by atoms with van der Waals surface area (Å²) in [4.78, 5) is 26.1. The zero-order valence-corrected chi connectivity index (χ0v) is 15.5. The van der Waals surface area contributed by atoms with Crippen LogP contribution < -0.4 is 15.0 Å². The second-order valence-electron chi connectivity index (χ2n) is 5.98. The standard InChI is InChI=1S/C19H18Cl2N2O3/c20-14-1-5-16(6-2-14)23-12-13(11-18(23)24)19(25)22-9-10-26-17-7-3-15(21)4-8-17/h1-8,13H,9-12H2,(H,22,25). The minimum absolute atomic E-state index is 0.0649. The van der Waals surface area contributed by atoms with Crippen molar-refractivity contribution in [2.24, 2.45) is 5.92 Å². The van der Waals surface area contributed by atoms with E-state index in [1.807, 2.05) is 0 Å². The first kappa shape index (κ1) is 18.5. The number of carbonyl (C=O) groups excluding carboxylic acids is 2. The summed E-state index contributed by atoms with van der Waals surface area (Å²) in [6, 6.07) is 14.0. The number of hydrogen-bond acceptors (Lipinski definition) is 3. The van der Waals surface area contributed by atoms with Crippen LogP contribution >= 0.6 is 23.2 Å². The van der Waals surface area contributed by atoms with E-state index in [2.05, 4.69) is 5.32 Å². The summed E-state index contributed by atoms with van der Waals surface area (Å²) in [5.74, 6) is 0.113. The van der Waals surface area contributed by atoms with Crippen LogP contribution in [0.3, 0.4) is 0 Å². The number of carbonyl (C=O) groups is 2. The first-order valence-electron chi connectivity index (χ1n) is 8.25. The van der Waals surface area contributed by atoms with E-state index in [0.717, 1.165) is 5.69 Å². The summed E-state index contributed by atoms with van der Waals surface area (Å²) in [6.45, 7) is 1.08. The van der Waals surface area contributed by atoms with Gasteiger partial charge in [0.2, 0.25) is 11.8 Å². The molecule has 2 aromatic rings. The van der Waals surface area contributed by atoms with E-state index >= 15 is 0 Å². The smallest absolute Gasteiger partial charge is 0.227 e. The predicted molar refractivity (Wildman–Crippen MR) is 102 cm³/mol. The number of hydrogen-bond donors (Lipinski definition) is 1. The Bertz CT molecular complexity index is 778. The zero-order valence-electron chi connectivity index (χ0n) is 14.0. The van der Waals surface area contributed by atoms with Crippen molar-refractivity contribution in [3.63, 3.8) is 0 Å². The van der Waals surface area contributed by atoms with E-state index in [1.54, 1.807) is 53.4 Å². The van der Waals surface area contributed by atoms with Gasteiger partial charge in [-0.15, -0.1) is 0 Å². The molecule has 3 rings (SSSR count). The molecule has 1 aliphatic rings. The topological polar surface area (TPSA) is 58.6 Å². The van der Waals surface area contributed by atoms with Gasteiger partial charge in [0.1, 0.15) is 12.4 Å². The average molecular weight is 393 g/mol. The van der Waals surface area contributed by atoms with Crippen LogP contribution in [-0.4, -0.2) is 31.5 Å². The Morgan fingerprint density at radius 1 is 1.08 bits per heavy atom. The molecule has 1 saturated heterocycles. The van der Waals surface area contributed by atoms with Crippen molar-refractivity contribution in [3.8, 4) is 5.75 Å². The lowest BCUT2D eigenvalue weighted by Crippen LogP contribution is -2.35. The molecule has 7 heteroatoms. The van der Waals surface area contributed by atoms with Crippen LogP contribution in [-0.2, 0) is 9.59 Å². The quantitative estimate of drug-likeness (QED) is 0.764. The van der Waals surface area contributed by atoms with E-state index in [0.29, 0.717) is 35.5 Å². The monoisotopic (exact) mass is 392 g/mol. The van der Waals surface area contributed by atoms with Crippen molar-refractivity contribution in [3.05, 3.63) is 58.6 Å². The lowest BCUT2D eigenvalue weighted by molar-refractivity contribution is -0.126. The van der Waals surface area contributed by atoms with Gasteiger partial charge in [-0.1, -0.05) is 23.2 Å². The zero-order chi connectivity index (χ0) is 18.5. The Morgan fingerprint density at radius 3 is 2.35 bits per heavy atom. The molecule has 136 valence electrons. The maximum Gasteiger partial charge on any atom is 0.227 e. The number of nitrogens with zero attached hydrogens (tertiary/aromatic N) is 1. The minimum atomic E-state index is -0.367. The molecule has 1 heterocycles. The van der Waals surface area contributed by atoms with E-state index < -0.39 is 0 Å². The van der Waals surface area contributed by atoms with Crippen molar-refractivity contribution in [1.82, 2.24) is 5.32 Å². The molecule has 1 N–H and O–H groups in total. The van der Waals surface area contributed by atoms with Crippen molar-refractivity contribution in [2.75, 3.05) is 24.6 Å². The second-order valence-corrected chi connectivity index (χ2v) is 6.85. The third-order valence-electron chi connectivity index (χ3n) is 4.12. The van der Waals surface area contributed by atoms with Gasteiger partial charge < -0.3 is 15.0 Å². The molecule has 1 atom stereocenters. The normalized spacial score (nSPS) is 16.6. The third kappa shape index (κ3) is 4.68. The van der Waals surface area contributed by atoms with Gasteiger partial charge in [-0.25, -0.2) is 0 Å². The highest BCUT2D eigenvalue weighted by Gasteiger charge is 2.34. The molecular weight excluding hydrogens is 375 g/mol. The molecule has 1 fully saturated rings. The maximum atomic E-state index is 12.3. The highest BCUT2D eigenvalue weighted by atomic mass is 35.5. The SMILES string of the molecule is O=C(NCCOc1ccc(Cl)cc1)C1CC(=O)N(c2ccc(Cl)cc2)C1. The number of anilines is 1.